The first kappa shape index (κ1) is 20.4. The van der Waals surface area contributed by atoms with Crippen molar-refractivity contribution in [3.05, 3.63) is 111 Å². The number of halogens is 1. The average Bonchev–Trinajstić information content (AvgIpc) is 2.80. The van der Waals surface area contributed by atoms with Gasteiger partial charge in [0.1, 0.15) is 24.2 Å². The third kappa shape index (κ3) is 4.99. The topological polar surface area (TPSA) is 80.9 Å². The molecule has 7 heteroatoms. The summed E-state index contributed by atoms with van der Waals surface area (Å²) in [5, 5.41) is 4.99. The minimum Gasteiger partial charge on any atom is -0.489 e. The van der Waals surface area contributed by atoms with Crippen LogP contribution in [0.3, 0.4) is 0 Å². The third-order valence-electron chi connectivity index (χ3n) is 4.51. The van der Waals surface area contributed by atoms with Crippen LogP contribution in [0, 0.1) is 0 Å². The minimum absolute atomic E-state index is 0.220. The molecule has 0 fully saturated rings. The normalized spacial score (nSPS) is 11.0. The van der Waals surface area contributed by atoms with Crippen LogP contribution in [0.2, 0.25) is 5.02 Å². The molecule has 1 N–H and O–H groups in total. The number of nitrogens with zero attached hydrogens (tertiary/aromatic N) is 1. The van der Waals surface area contributed by atoms with E-state index in [9.17, 15) is 9.59 Å². The number of benzene rings is 3. The molecule has 1 aromatic heterocycles. The number of carbonyl (C=O) groups excluding carboxylic acids is 1. The molecule has 0 aliphatic carbocycles. The molecule has 0 atom stereocenters. The van der Waals surface area contributed by atoms with Crippen molar-refractivity contribution in [3.63, 3.8) is 0 Å². The Kier molecular flexibility index (Phi) is 6.10. The molecule has 31 heavy (non-hydrogen) atoms. The Bertz CT molecular complexity index is 1300. The summed E-state index contributed by atoms with van der Waals surface area (Å²) in [5.74, 6) is 0.217. The highest BCUT2D eigenvalue weighted by atomic mass is 35.5. The minimum atomic E-state index is -0.411. The van der Waals surface area contributed by atoms with Gasteiger partial charge in [0, 0.05) is 10.6 Å². The monoisotopic (exact) mass is 432 g/mol. The number of amides is 1. The Hall–Kier alpha value is -3.90. The first-order valence-electron chi connectivity index (χ1n) is 9.41. The molecule has 0 bridgehead atoms. The molecule has 0 spiro atoms. The van der Waals surface area contributed by atoms with E-state index in [0.29, 0.717) is 33.9 Å². The van der Waals surface area contributed by atoms with Crippen molar-refractivity contribution < 1.29 is 13.9 Å². The zero-order valence-corrected chi connectivity index (χ0v) is 17.0. The molecule has 0 saturated heterocycles. The Morgan fingerprint density at radius 2 is 1.77 bits per heavy atom. The van der Waals surface area contributed by atoms with E-state index in [1.165, 1.54) is 12.5 Å². The van der Waals surface area contributed by atoms with Gasteiger partial charge in [0.15, 0.2) is 0 Å². The van der Waals surface area contributed by atoms with Crippen LogP contribution in [-0.2, 0) is 6.61 Å². The fourth-order valence-electron chi connectivity index (χ4n) is 2.86. The molecule has 0 aliphatic rings. The molecular formula is C24H17ClN2O4. The summed E-state index contributed by atoms with van der Waals surface area (Å²) in [5.41, 5.74) is 4.30. The summed E-state index contributed by atoms with van der Waals surface area (Å²) in [6.45, 7) is 0.390. The first-order valence-corrected chi connectivity index (χ1v) is 9.79. The lowest BCUT2D eigenvalue weighted by Gasteiger charge is -2.07. The Morgan fingerprint density at radius 1 is 1.03 bits per heavy atom. The van der Waals surface area contributed by atoms with Crippen molar-refractivity contribution in [1.29, 1.82) is 0 Å². The van der Waals surface area contributed by atoms with Gasteiger partial charge in [-0.05, 0) is 54.1 Å². The van der Waals surface area contributed by atoms with Crippen molar-refractivity contribution in [2.45, 2.75) is 6.61 Å². The van der Waals surface area contributed by atoms with E-state index in [1.54, 1.807) is 60.7 Å². The fourth-order valence-corrected chi connectivity index (χ4v) is 2.98. The maximum Gasteiger partial charge on any atom is 0.271 e. The molecule has 4 aromatic rings. The Labute approximate surface area is 182 Å². The molecule has 0 saturated carbocycles. The fraction of sp³-hybridized carbons (Fsp3) is 0.0417. The first-order chi connectivity index (χ1) is 15.1. The smallest absolute Gasteiger partial charge is 0.271 e. The van der Waals surface area contributed by atoms with E-state index in [4.69, 9.17) is 20.8 Å². The molecule has 154 valence electrons. The lowest BCUT2D eigenvalue weighted by Crippen LogP contribution is -2.18. The number of ether oxygens (including phenoxy) is 1. The molecule has 4 rings (SSSR count). The molecule has 3 aromatic carbocycles. The molecule has 0 aliphatic heterocycles. The van der Waals surface area contributed by atoms with E-state index in [0.717, 1.165) is 5.56 Å². The number of carbonyl (C=O) groups is 1. The van der Waals surface area contributed by atoms with E-state index >= 15 is 0 Å². The van der Waals surface area contributed by atoms with Gasteiger partial charge in [-0.3, -0.25) is 9.59 Å². The predicted octanol–water partition coefficient (Wildman–Crippen LogP) is 4.79. The van der Waals surface area contributed by atoms with Crippen LogP contribution in [0.25, 0.3) is 11.0 Å². The van der Waals surface area contributed by atoms with Gasteiger partial charge < -0.3 is 9.15 Å². The van der Waals surface area contributed by atoms with Crippen molar-refractivity contribution in [3.8, 4) is 5.75 Å². The average molecular weight is 433 g/mol. The number of nitrogens with one attached hydrogen (secondary N) is 1. The molecule has 6 nitrogen and oxygen atoms in total. The van der Waals surface area contributed by atoms with Crippen LogP contribution in [0.15, 0.2) is 93.4 Å². The molecule has 0 radical (unpaired) electrons. The SMILES string of the molecule is O=C(N/N=C/c1coc2ccccc2c1=O)c1ccc(OCc2ccc(Cl)cc2)cc1. The largest absolute Gasteiger partial charge is 0.489 e. The van der Waals surface area contributed by atoms with Gasteiger partial charge in [-0.2, -0.15) is 5.10 Å². The predicted molar refractivity (Wildman–Crippen MR) is 120 cm³/mol. The van der Waals surface area contributed by atoms with Crippen molar-refractivity contribution in [2.24, 2.45) is 5.10 Å². The molecular weight excluding hydrogens is 416 g/mol. The second kappa shape index (κ2) is 9.28. The van der Waals surface area contributed by atoms with E-state index < -0.39 is 5.91 Å². The van der Waals surface area contributed by atoms with Gasteiger partial charge >= 0.3 is 0 Å². The summed E-state index contributed by atoms with van der Waals surface area (Å²) in [6, 6.07) is 21.0. The van der Waals surface area contributed by atoms with Gasteiger partial charge in [-0.15, -0.1) is 0 Å². The molecule has 0 unspecified atom stereocenters. The highest BCUT2D eigenvalue weighted by molar-refractivity contribution is 6.30. The maximum absolute atomic E-state index is 12.4. The number of fused-ring (bicyclic) bond motifs is 1. The second-order valence-electron chi connectivity index (χ2n) is 6.65. The Balaban J connectivity index is 1.36. The van der Waals surface area contributed by atoms with Gasteiger partial charge in [0.2, 0.25) is 5.43 Å². The molecule has 1 heterocycles. The lowest BCUT2D eigenvalue weighted by atomic mass is 10.2. The van der Waals surface area contributed by atoms with E-state index in [-0.39, 0.29) is 11.0 Å². The summed E-state index contributed by atoms with van der Waals surface area (Å²) >= 11 is 5.87. The summed E-state index contributed by atoms with van der Waals surface area (Å²) in [7, 11) is 0. The molecule has 1 amide bonds. The highest BCUT2D eigenvalue weighted by Gasteiger charge is 2.07. The standard InChI is InChI=1S/C24H17ClN2O4/c25-19-9-5-16(6-10-19)14-30-20-11-7-17(8-12-20)24(29)27-26-13-18-15-31-22-4-2-1-3-21(22)23(18)28/h1-13,15H,14H2,(H,27,29)/b26-13+. The maximum atomic E-state index is 12.4. The summed E-state index contributed by atoms with van der Waals surface area (Å²) in [4.78, 5) is 24.7. The van der Waals surface area contributed by atoms with Crippen LogP contribution >= 0.6 is 11.6 Å². The van der Waals surface area contributed by atoms with Crippen molar-refractivity contribution >= 4 is 34.7 Å². The number of para-hydroxylation sites is 1. The number of rotatable bonds is 6. The quantitative estimate of drug-likeness (QED) is 0.351. The Morgan fingerprint density at radius 3 is 2.55 bits per heavy atom. The highest BCUT2D eigenvalue weighted by Crippen LogP contribution is 2.16. The number of hydrogen-bond donors (Lipinski definition) is 1. The third-order valence-corrected chi connectivity index (χ3v) is 4.76. The van der Waals surface area contributed by atoms with Gasteiger partial charge in [-0.25, -0.2) is 5.43 Å². The van der Waals surface area contributed by atoms with Crippen LogP contribution < -0.4 is 15.6 Å². The summed E-state index contributed by atoms with van der Waals surface area (Å²) < 4.78 is 11.1. The zero-order chi connectivity index (χ0) is 21.6. The van der Waals surface area contributed by atoms with E-state index in [2.05, 4.69) is 10.5 Å². The number of hydrogen-bond acceptors (Lipinski definition) is 5. The second-order valence-corrected chi connectivity index (χ2v) is 7.09. The van der Waals surface area contributed by atoms with Crippen molar-refractivity contribution in [2.75, 3.05) is 0 Å². The van der Waals surface area contributed by atoms with Gasteiger partial charge in [0.05, 0.1) is 17.2 Å². The van der Waals surface area contributed by atoms with Crippen LogP contribution in [0.5, 0.6) is 5.75 Å². The summed E-state index contributed by atoms with van der Waals surface area (Å²) in [6.07, 6.45) is 2.58. The number of hydrazone groups is 1. The van der Waals surface area contributed by atoms with Crippen molar-refractivity contribution in [1.82, 2.24) is 5.43 Å². The van der Waals surface area contributed by atoms with E-state index in [1.807, 2.05) is 12.1 Å². The van der Waals surface area contributed by atoms with Gasteiger partial charge in [0.25, 0.3) is 5.91 Å². The van der Waals surface area contributed by atoms with Crippen LogP contribution in [-0.4, -0.2) is 12.1 Å². The zero-order valence-electron chi connectivity index (χ0n) is 16.2. The van der Waals surface area contributed by atoms with Gasteiger partial charge in [-0.1, -0.05) is 35.9 Å². The van der Waals surface area contributed by atoms with Crippen LogP contribution in [0.4, 0.5) is 0 Å². The lowest BCUT2D eigenvalue weighted by molar-refractivity contribution is 0.0955. The van der Waals surface area contributed by atoms with Crippen LogP contribution in [0.1, 0.15) is 21.5 Å².